The first-order chi connectivity index (χ1) is 11.4. The highest BCUT2D eigenvalue weighted by Crippen LogP contribution is 2.31. The van der Waals surface area contributed by atoms with E-state index in [1.165, 1.54) is 31.9 Å². The minimum Gasteiger partial charge on any atom is -0.315 e. The van der Waals surface area contributed by atoms with Crippen LogP contribution in [0.5, 0.6) is 0 Å². The standard InChI is InChI=1S/C20H14N2S/c1-3-8-16-15(7-1)13-21-20(17-9-5-11-22(16)17)19-12-14-6-2-4-10-18(14)23-19/h1-12H,13H2. The molecule has 1 aliphatic rings. The zero-order valence-electron chi connectivity index (χ0n) is 12.4. The van der Waals surface area contributed by atoms with Gasteiger partial charge in [-0.25, -0.2) is 0 Å². The van der Waals surface area contributed by atoms with Gasteiger partial charge in [0, 0.05) is 10.9 Å². The summed E-state index contributed by atoms with van der Waals surface area (Å²) in [5, 5.41) is 1.29. The fourth-order valence-corrected chi connectivity index (χ4v) is 4.29. The third kappa shape index (κ3) is 1.97. The molecule has 0 amide bonds. The fourth-order valence-electron chi connectivity index (χ4n) is 3.21. The molecular formula is C20H14N2S. The molecule has 0 saturated carbocycles. The second-order valence-corrected chi connectivity index (χ2v) is 6.79. The van der Waals surface area contributed by atoms with Gasteiger partial charge in [-0.3, -0.25) is 4.99 Å². The molecule has 0 bridgehead atoms. The van der Waals surface area contributed by atoms with E-state index in [2.05, 4.69) is 77.5 Å². The highest BCUT2D eigenvalue weighted by molar-refractivity contribution is 7.21. The molecule has 0 unspecified atom stereocenters. The average molecular weight is 314 g/mol. The minimum absolute atomic E-state index is 0.724. The van der Waals surface area contributed by atoms with Crippen LogP contribution in [0, 0.1) is 0 Å². The lowest BCUT2D eigenvalue weighted by Crippen LogP contribution is -2.06. The predicted octanol–water partition coefficient (Wildman–Crippen LogP) is 5.04. The third-order valence-electron chi connectivity index (χ3n) is 4.31. The Morgan fingerprint density at radius 3 is 2.74 bits per heavy atom. The maximum atomic E-state index is 4.95. The summed E-state index contributed by atoms with van der Waals surface area (Å²) < 4.78 is 3.57. The van der Waals surface area contributed by atoms with E-state index in [0.717, 1.165) is 12.3 Å². The van der Waals surface area contributed by atoms with Crippen molar-refractivity contribution < 1.29 is 0 Å². The number of hydrogen-bond donors (Lipinski definition) is 0. The average Bonchev–Trinajstić information content (AvgIpc) is 3.20. The summed E-state index contributed by atoms with van der Waals surface area (Å²) in [6, 6.07) is 23.5. The third-order valence-corrected chi connectivity index (χ3v) is 5.43. The summed E-state index contributed by atoms with van der Waals surface area (Å²) in [6.07, 6.45) is 2.13. The Hall–Kier alpha value is -2.65. The van der Waals surface area contributed by atoms with E-state index in [0.29, 0.717) is 0 Å². The number of fused-ring (bicyclic) bond motifs is 4. The van der Waals surface area contributed by atoms with E-state index < -0.39 is 0 Å². The molecule has 2 aromatic carbocycles. The van der Waals surface area contributed by atoms with Crippen LogP contribution < -0.4 is 0 Å². The van der Waals surface area contributed by atoms with Gasteiger partial charge in [-0.1, -0.05) is 36.4 Å². The molecule has 0 spiro atoms. The van der Waals surface area contributed by atoms with Crippen molar-refractivity contribution in [3.63, 3.8) is 0 Å². The van der Waals surface area contributed by atoms with Crippen LogP contribution in [0.1, 0.15) is 16.1 Å². The van der Waals surface area contributed by atoms with Crippen molar-refractivity contribution in [3.05, 3.63) is 89.1 Å². The minimum atomic E-state index is 0.724. The number of rotatable bonds is 1. The van der Waals surface area contributed by atoms with E-state index in [1.807, 2.05) is 11.3 Å². The fraction of sp³-hybridized carbons (Fsp3) is 0.0500. The van der Waals surface area contributed by atoms with Crippen molar-refractivity contribution >= 4 is 27.1 Å². The first kappa shape index (κ1) is 12.9. The highest BCUT2D eigenvalue weighted by atomic mass is 32.1. The predicted molar refractivity (Wildman–Crippen MR) is 96.9 cm³/mol. The Bertz CT molecular complexity index is 1020. The molecule has 1 aliphatic heterocycles. The van der Waals surface area contributed by atoms with E-state index in [4.69, 9.17) is 4.99 Å². The molecule has 0 aliphatic carbocycles. The number of hydrogen-bond acceptors (Lipinski definition) is 2. The number of thiophene rings is 1. The van der Waals surface area contributed by atoms with E-state index in [-0.39, 0.29) is 0 Å². The van der Waals surface area contributed by atoms with Crippen LogP contribution in [0.4, 0.5) is 0 Å². The Balaban J connectivity index is 1.74. The molecule has 0 N–H and O–H groups in total. The van der Waals surface area contributed by atoms with E-state index in [1.54, 1.807) is 0 Å². The van der Waals surface area contributed by atoms with E-state index >= 15 is 0 Å². The quantitative estimate of drug-likeness (QED) is 0.468. The van der Waals surface area contributed by atoms with Gasteiger partial charge < -0.3 is 4.57 Å². The molecule has 110 valence electrons. The van der Waals surface area contributed by atoms with Gasteiger partial charge >= 0.3 is 0 Å². The lowest BCUT2D eigenvalue weighted by Gasteiger charge is -2.09. The van der Waals surface area contributed by atoms with Crippen molar-refractivity contribution in [2.45, 2.75) is 6.54 Å². The Morgan fingerprint density at radius 2 is 1.78 bits per heavy atom. The van der Waals surface area contributed by atoms with Crippen LogP contribution >= 0.6 is 11.3 Å². The monoisotopic (exact) mass is 314 g/mol. The SMILES string of the molecule is c1ccc2c(c1)CN=C(c1cc3ccccc3s1)c1cccn1-2. The van der Waals surface area contributed by atoms with Crippen LogP contribution in [-0.4, -0.2) is 10.3 Å². The second-order valence-electron chi connectivity index (χ2n) is 5.71. The summed E-state index contributed by atoms with van der Waals surface area (Å²) in [6.45, 7) is 0.724. The van der Waals surface area contributed by atoms with Crippen molar-refractivity contribution in [2.24, 2.45) is 4.99 Å². The van der Waals surface area contributed by atoms with Crippen LogP contribution in [0.15, 0.2) is 77.9 Å². The zero-order chi connectivity index (χ0) is 15.2. The largest absolute Gasteiger partial charge is 0.315 e. The molecule has 3 heterocycles. The summed E-state index contributed by atoms with van der Waals surface area (Å²) in [4.78, 5) is 6.18. The molecule has 3 heteroatoms. The number of benzene rings is 2. The summed E-state index contributed by atoms with van der Waals surface area (Å²) in [7, 11) is 0. The molecule has 0 fully saturated rings. The molecule has 0 saturated heterocycles. The van der Waals surface area contributed by atoms with Gasteiger partial charge in [-0.15, -0.1) is 11.3 Å². The van der Waals surface area contributed by atoms with Gasteiger partial charge in [0.25, 0.3) is 0 Å². The van der Waals surface area contributed by atoms with Gasteiger partial charge in [0.2, 0.25) is 0 Å². The molecule has 23 heavy (non-hydrogen) atoms. The number of nitrogens with zero attached hydrogens (tertiary/aromatic N) is 2. The molecule has 2 aromatic heterocycles. The number of para-hydroxylation sites is 1. The molecule has 0 atom stereocenters. The second kappa shape index (κ2) is 4.93. The van der Waals surface area contributed by atoms with Crippen molar-refractivity contribution in [1.82, 2.24) is 4.57 Å². The summed E-state index contributed by atoms with van der Waals surface area (Å²) in [5.41, 5.74) is 4.75. The topological polar surface area (TPSA) is 17.3 Å². The Kier molecular flexibility index (Phi) is 2.76. The van der Waals surface area contributed by atoms with Gasteiger partial charge in [-0.05, 0) is 41.3 Å². The van der Waals surface area contributed by atoms with Crippen LogP contribution in [0.25, 0.3) is 15.8 Å². The van der Waals surface area contributed by atoms with Crippen molar-refractivity contribution in [3.8, 4) is 5.69 Å². The first-order valence-corrected chi connectivity index (χ1v) is 8.51. The first-order valence-electron chi connectivity index (χ1n) is 7.69. The molecule has 5 rings (SSSR count). The lowest BCUT2D eigenvalue weighted by atomic mass is 10.2. The van der Waals surface area contributed by atoms with Gasteiger partial charge in [-0.2, -0.15) is 0 Å². The van der Waals surface area contributed by atoms with Crippen molar-refractivity contribution in [2.75, 3.05) is 0 Å². The maximum absolute atomic E-state index is 4.95. The van der Waals surface area contributed by atoms with Crippen LogP contribution in [0.3, 0.4) is 0 Å². The molecule has 2 nitrogen and oxygen atoms in total. The van der Waals surface area contributed by atoms with Crippen LogP contribution in [-0.2, 0) is 6.54 Å². The Labute approximate surface area is 138 Å². The van der Waals surface area contributed by atoms with Gasteiger partial charge in [0.1, 0.15) is 0 Å². The molecule has 4 aromatic rings. The van der Waals surface area contributed by atoms with Gasteiger partial charge in [0.05, 0.1) is 28.5 Å². The lowest BCUT2D eigenvalue weighted by molar-refractivity contribution is 1.02. The summed E-state index contributed by atoms with van der Waals surface area (Å²) >= 11 is 1.81. The highest BCUT2D eigenvalue weighted by Gasteiger charge is 2.19. The number of aromatic nitrogens is 1. The van der Waals surface area contributed by atoms with Crippen LogP contribution in [0.2, 0.25) is 0 Å². The molecule has 0 radical (unpaired) electrons. The zero-order valence-corrected chi connectivity index (χ0v) is 13.3. The van der Waals surface area contributed by atoms with E-state index in [9.17, 15) is 0 Å². The number of aliphatic imine (C=N–C) groups is 1. The van der Waals surface area contributed by atoms with Crippen molar-refractivity contribution in [1.29, 1.82) is 0 Å². The van der Waals surface area contributed by atoms with Gasteiger partial charge in [0.15, 0.2) is 0 Å². The summed E-state index contributed by atoms with van der Waals surface area (Å²) in [5.74, 6) is 0. The smallest absolute Gasteiger partial charge is 0.0991 e. The molecular weight excluding hydrogens is 300 g/mol. The Morgan fingerprint density at radius 1 is 0.913 bits per heavy atom. The normalized spacial score (nSPS) is 13.3. The maximum Gasteiger partial charge on any atom is 0.0991 e.